The van der Waals surface area contributed by atoms with E-state index >= 15 is 0 Å². The lowest BCUT2D eigenvalue weighted by Gasteiger charge is -2.21. The van der Waals surface area contributed by atoms with Gasteiger partial charge in [0.05, 0.1) is 17.6 Å². The third-order valence-electron chi connectivity index (χ3n) is 3.26. The van der Waals surface area contributed by atoms with E-state index < -0.39 is 0 Å². The number of carbonyl (C=O) groups is 1. The first kappa shape index (κ1) is 11.8. The number of fused-ring (bicyclic) bond motifs is 1. The summed E-state index contributed by atoms with van der Waals surface area (Å²) in [5.41, 5.74) is 2.63. The van der Waals surface area contributed by atoms with Gasteiger partial charge in [0.25, 0.3) is 5.91 Å². The predicted octanol–water partition coefficient (Wildman–Crippen LogP) is 2.45. The van der Waals surface area contributed by atoms with Crippen LogP contribution in [0.4, 0.5) is 11.4 Å². The fourth-order valence-corrected chi connectivity index (χ4v) is 2.27. The molecule has 0 radical (unpaired) electrons. The molecule has 0 aliphatic carbocycles. The molecule has 5 nitrogen and oxygen atoms in total. The number of para-hydroxylation sites is 2. The molecule has 0 bridgehead atoms. The van der Waals surface area contributed by atoms with Gasteiger partial charge in [-0.25, -0.2) is 0 Å². The number of hydrogen-bond donors (Lipinski definition) is 1. The van der Waals surface area contributed by atoms with Crippen molar-refractivity contribution in [2.24, 2.45) is 0 Å². The van der Waals surface area contributed by atoms with Crippen LogP contribution in [-0.2, 0) is 0 Å². The van der Waals surface area contributed by atoms with Crippen molar-refractivity contribution in [1.29, 1.82) is 0 Å². The molecule has 2 aromatic rings. The molecule has 1 aromatic carbocycles. The van der Waals surface area contributed by atoms with Crippen molar-refractivity contribution in [3.05, 3.63) is 41.8 Å². The van der Waals surface area contributed by atoms with Crippen LogP contribution in [-0.4, -0.2) is 24.2 Å². The lowest BCUT2D eigenvalue weighted by atomic mass is 10.2. The Morgan fingerprint density at radius 1 is 1.42 bits per heavy atom. The Hall–Kier alpha value is -2.30. The summed E-state index contributed by atoms with van der Waals surface area (Å²) in [5.74, 6) is 0.183. The first-order valence-corrected chi connectivity index (χ1v) is 6.33. The Labute approximate surface area is 111 Å². The Balaban J connectivity index is 2.01. The van der Waals surface area contributed by atoms with Gasteiger partial charge in [0.15, 0.2) is 0 Å². The minimum atomic E-state index is -0.133. The number of aromatic nitrogens is 1. The van der Waals surface area contributed by atoms with E-state index in [-0.39, 0.29) is 5.91 Å². The van der Waals surface area contributed by atoms with E-state index in [1.54, 1.807) is 11.1 Å². The van der Waals surface area contributed by atoms with Crippen LogP contribution in [0, 0.1) is 6.92 Å². The van der Waals surface area contributed by atoms with Crippen LogP contribution in [0.15, 0.2) is 35.0 Å². The third kappa shape index (κ3) is 2.07. The fraction of sp³-hybridized carbons (Fsp3) is 0.286. The highest BCUT2D eigenvalue weighted by molar-refractivity contribution is 6.06. The Morgan fingerprint density at radius 3 is 3.05 bits per heavy atom. The number of hydrogen-bond acceptors (Lipinski definition) is 4. The molecule has 1 N–H and O–H groups in total. The summed E-state index contributed by atoms with van der Waals surface area (Å²) < 4.78 is 5.07. The van der Waals surface area contributed by atoms with Crippen LogP contribution >= 0.6 is 0 Å². The quantitative estimate of drug-likeness (QED) is 0.852. The molecule has 3 rings (SSSR count). The zero-order chi connectivity index (χ0) is 13.2. The van der Waals surface area contributed by atoms with E-state index in [1.807, 2.05) is 31.2 Å². The van der Waals surface area contributed by atoms with Gasteiger partial charge in [-0.3, -0.25) is 4.79 Å². The van der Waals surface area contributed by atoms with Gasteiger partial charge in [-0.05, 0) is 25.5 Å². The number of amides is 1. The van der Waals surface area contributed by atoms with Gasteiger partial charge in [0.2, 0.25) is 5.76 Å². The van der Waals surface area contributed by atoms with Crippen LogP contribution in [0.5, 0.6) is 0 Å². The van der Waals surface area contributed by atoms with Crippen molar-refractivity contribution in [3.8, 4) is 0 Å². The zero-order valence-corrected chi connectivity index (χ0v) is 10.7. The molecule has 1 aliphatic heterocycles. The molecule has 1 amide bonds. The molecular weight excluding hydrogens is 242 g/mol. The number of benzene rings is 1. The minimum Gasteiger partial charge on any atom is -0.383 e. The van der Waals surface area contributed by atoms with Crippen molar-refractivity contribution in [3.63, 3.8) is 0 Å². The zero-order valence-electron chi connectivity index (χ0n) is 10.7. The smallest absolute Gasteiger partial charge is 0.297 e. The topological polar surface area (TPSA) is 58.4 Å². The summed E-state index contributed by atoms with van der Waals surface area (Å²) in [7, 11) is 0. The number of nitrogens with one attached hydrogen (secondary N) is 1. The highest BCUT2D eigenvalue weighted by atomic mass is 16.5. The molecule has 2 heterocycles. The van der Waals surface area contributed by atoms with Crippen molar-refractivity contribution in [1.82, 2.24) is 5.16 Å². The fourth-order valence-electron chi connectivity index (χ4n) is 2.27. The third-order valence-corrected chi connectivity index (χ3v) is 3.26. The second-order valence-corrected chi connectivity index (χ2v) is 4.59. The Morgan fingerprint density at radius 2 is 2.26 bits per heavy atom. The van der Waals surface area contributed by atoms with E-state index in [9.17, 15) is 4.79 Å². The van der Waals surface area contributed by atoms with Crippen LogP contribution in [0.3, 0.4) is 0 Å². The first-order chi connectivity index (χ1) is 9.27. The molecule has 0 unspecified atom stereocenters. The number of carbonyl (C=O) groups excluding carboxylic acids is 1. The minimum absolute atomic E-state index is 0.133. The second-order valence-electron chi connectivity index (χ2n) is 4.59. The van der Waals surface area contributed by atoms with Gasteiger partial charge < -0.3 is 14.7 Å². The van der Waals surface area contributed by atoms with Crippen LogP contribution in [0.25, 0.3) is 0 Å². The SMILES string of the molecule is Cc1cnoc1C(=O)N1CCCNc2ccccc21. The van der Waals surface area contributed by atoms with Gasteiger partial charge in [-0.2, -0.15) is 0 Å². The van der Waals surface area contributed by atoms with Crippen molar-refractivity contribution in [2.75, 3.05) is 23.3 Å². The van der Waals surface area contributed by atoms with Crippen LogP contribution in [0.1, 0.15) is 22.5 Å². The summed E-state index contributed by atoms with van der Waals surface area (Å²) in [4.78, 5) is 14.3. The standard InChI is InChI=1S/C14H15N3O2/c1-10-9-16-19-13(10)14(18)17-8-4-7-15-11-5-2-3-6-12(11)17/h2-3,5-6,9,15H,4,7-8H2,1H3. The first-order valence-electron chi connectivity index (χ1n) is 6.33. The molecular formula is C14H15N3O2. The predicted molar refractivity (Wildman–Crippen MR) is 72.5 cm³/mol. The van der Waals surface area contributed by atoms with Crippen LogP contribution < -0.4 is 10.2 Å². The number of anilines is 2. The van der Waals surface area contributed by atoms with E-state index in [0.717, 1.165) is 29.9 Å². The Bertz CT molecular complexity index is 606. The molecule has 0 fully saturated rings. The average molecular weight is 257 g/mol. The molecule has 98 valence electrons. The summed E-state index contributed by atoms with van der Waals surface area (Å²) >= 11 is 0. The van der Waals surface area contributed by atoms with Gasteiger partial charge in [-0.15, -0.1) is 0 Å². The average Bonchev–Trinajstić information content (AvgIpc) is 2.74. The highest BCUT2D eigenvalue weighted by Crippen LogP contribution is 2.29. The molecule has 0 saturated carbocycles. The molecule has 0 atom stereocenters. The normalized spacial score (nSPS) is 14.5. The van der Waals surface area contributed by atoms with E-state index in [4.69, 9.17) is 4.52 Å². The van der Waals surface area contributed by atoms with E-state index in [2.05, 4.69) is 10.5 Å². The maximum Gasteiger partial charge on any atom is 0.297 e. The summed E-state index contributed by atoms with van der Waals surface area (Å²) in [6.45, 7) is 3.35. The van der Waals surface area contributed by atoms with Crippen LogP contribution in [0.2, 0.25) is 0 Å². The number of nitrogens with zero attached hydrogens (tertiary/aromatic N) is 2. The molecule has 1 aromatic heterocycles. The summed E-state index contributed by atoms with van der Waals surface area (Å²) in [6.07, 6.45) is 2.46. The largest absolute Gasteiger partial charge is 0.383 e. The number of aryl methyl sites for hydroxylation is 1. The van der Waals surface area contributed by atoms with Gasteiger partial charge in [0, 0.05) is 18.7 Å². The van der Waals surface area contributed by atoms with Crippen molar-refractivity contribution in [2.45, 2.75) is 13.3 Å². The highest BCUT2D eigenvalue weighted by Gasteiger charge is 2.25. The summed E-state index contributed by atoms with van der Waals surface area (Å²) in [5, 5.41) is 7.01. The maximum absolute atomic E-state index is 12.6. The summed E-state index contributed by atoms with van der Waals surface area (Å²) in [6, 6.07) is 7.81. The molecule has 19 heavy (non-hydrogen) atoms. The second kappa shape index (κ2) is 4.76. The number of rotatable bonds is 1. The molecule has 0 spiro atoms. The molecule has 1 aliphatic rings. The molecule has 0 saturated heterocycles. The van der Waals surface area contributed by atoms with Gasteiger partial charge in [-0.1, -0.05) is 17.3 Å². The van der Waals surface area contributed by atoms with Crippen molar-refractivity contribution >= 4 is 17.3 Å². The van der Waals surface area contributed by atoms with Gasteiger partial charge in [0.1, 0.15) is 0 Å². The monoisotopic (exact) mass is 257 g/mol. The van der Waals surface area contributed by atoms with Gasteiger partial charge >= 0.3 is 0 Å². The van der Waals surface area contributed by atoms with Crippen molar-refractivity contribution < 1.29 is 9.32 Å². The molecule has 5 heteroatoms. The lowest BCUT2D eigenvalue weighted by Crippen LogP contribution is -2.31. The maximum atomic E-state index is 12.6. The Kier molecular flexibility index (Phi) is 2.95. The lowest BCUT2D eigenvalue weighted by molar-refractivity contribution is 0.0951. The van der Waals surface area contributed by atoms with E-state index in [1.165, 1.54) is 0 Å². The van der Waals surface area contributed by atoms with E-state index in [0.29, 0.717) is 12.3 Å².